The summed E-state index contributed by atoms with van der Waals surface area (Å²) < 4.78 is 13.1. The van der Waals surface area contributed by atoms with Crippen LogP contribution >= 0.6 is 23.2 Å². The molecule has 1 aromatic carbocycles. The summed E-state index contributed by atoms with van der Waals surface area (Å²) >= 11 is 12.4. The van der Waals surface area contributed by atoms with Gasteiger partial charge in [0, 0.05) is 30.7 Å². The van der Waals surface area contributed by atoms with Crippen LogP contribution in [0.25, 0.3) is 11.0 Å². The van der Waals surface area contributed by atoms with E-state index in [-0.39, 0.29) is 6.61 Å². The Kier molecular flexibility index (Phi) is 6.83. The molecule has 0 aliphatic heterocycles. The second-order valence-electron chi connectivity index (χ2n) is 6.51. The van der Waals surface area contributed by atoms with Gasteiger partial charge in [-0.2, -0.15) is 0 Å². The Labute approximate surface area is 188 Å². The summed E-state index contributed by atoms with van der Waals surface area (Å²) in [7, 11) is 0. The number of anilines is 2. The average molecular weight is 460 g/mol. The molecular weight excluding hydrogens is 441 g/mol. The number of aliphatic hydroxyl groups is 1. The summed E-state index contributed by atoms with van der Waals surface area (Å²) in [4.78, 5) is 12.7. The molecule has 160 valence electrons. The van der Waals surface area contributed by atoms with Gasteiger partial charge in [-0.05, 0) is 24.3 Å². The number of benzene rings is 1. The number of pyridine rings is 1. The molecule has 0 saturated carbocycles. The summed E-state index contributed by atoms with van der Waals surface area (Å²) in [6, 6.07) is 8.92. The van der Waals surface area contributed by atoms with Crippen LogP contribution in [-0.4, -0.2) is 44.4 Å². The quantitative estimate of drug-likeness (QED) is 0.351. The van der Waals surface area contributed by atoms with E-state index in [0.717, 1.165) is 16.7 Å². The van der Waals surface area contributed by atoms with Crippen LogP contribution in [0.2, 0.25) is 10.0 Å². The van der Waals surface area contributed by atoms with E-state index >= 15 is 0 Å². The fraction of sp³-hybridized carbons (Fsp3) is 0.190. The van der Waals surface area contributed by atoms with Gasteiger partial charge in [0.15, 0.2) is 5.82 Å². The van der Waals surface area contributed by atoms with Crippen molar-refractivity contribution >= 4 is 45.7 Å². The number of fused-ring (bicyclic) bond motifs is 1. The van der Waals surface area contributed by atoms with Crippen LogP contribution in [0.1, 0.15) is 0 Å². The molecule has 3 heterocycles. The predicted octanol–water partition coefficient (Wildman–Crippen LogP) is 4.68. The topological polar surface area (TPSA) is 94.3 Å². The van der Waals surface area contributed by atoms with Crippen LogP contribution < -0.4 is 10.1 Å². The molecule has 4 rings (SSSR count). The molecule has 0 fully saturated rings. The van der Waals surface area contributed by atoms with Gasteiger partial charge in [-0.15, -0.1) is 0 Å². The predicted molar refractivity (Wildman–Crippen MR) is 119 cm³/mol. The first kappa shape index (κ1) is 21.3. The Morgan fingerprint density at radius 3 is 2.77 bits per heavy atom. The van der Waals surface area contributed by atoms with E-state index in [1.165, 1.54) is 12.5 Å². The van der Waals surface area contributed by atoms with Crippen molar-refractivity contribution in [2.24, 2.45) is 0 Å². The molecule has 0 spiro atoms. The number of aliphatic hydroxyl groups excluding tert-OH is 1. The first-order valence-corrected chi connectivity index (χ1v) is 10.2. The normalized spacial score (nSPS) is 11.1. The lowest BCUT2D eigenvalue weighted by Gasteiger charge is -2.12. The van der Waals surface area contributed by atoms with E-state index in [9.17, 15) is 0 Å². The van der Waals surface area contributed by atoms with E-state index in [4.69, 9.17) is 37.8 Å². The third-order valence-electron chi connectivity index (χ3n) is 4.36. The van der Waals surface area contributed by atoms with Crippen LogP contribution in [-0.2, 0) is 11.3 Å². The summed E-state index contributed by atoms with van der Waals surface area (Å²) in [6.45, 7) is 1.37. The zero-order chi connectivity index (χ0) is 21.6. The number of aromatic nitrogens is 4. The standard InChI is InChI=1S/C21H19Cl2N5O3/c22-14-9-16(12-24-11-14)31-19-2-1-15(10-17(19)23)27-21-20-18(25-13-26-21)3-4-28(20)5-7-30-8-6-29/h1-4,9-13,29H,5-8H2,(H,25,26,27). The van der Waals surface area contributed by atoms with Crippen molar-refractivity contribution in [3.05, 3.63) is 65.3 Å². The van der Waals surface area contributed by atoms with Gasteiger partial charge in [-0.3, -0.25) is 4.98 Å². The van der Waals surface area contributed by atoms with Gasteiger partial charge in [-0.1, -0.05) is 23.2 Å². The second-order valence-corrected chi connectivity index (χ2v) is 7.36. The number of rotatable bonds is 9. The molecule has 8 nitrogen and oxygen atoms in total. The molecule has 0 aliphatic rings. The molecule has 0 unspecified atom stereocenters. The summed E-state index contributed by atoms with van der Waals surface area (Å²) in [5.74, 6) is 1.61. The van der Waals surface area contributed by atoms with Gasteiger partial charge < -0.3 is 24.5 Å². The maximum Gasteiger partial charge on any atom is 0.158 e. The fourth-order valence-corrected chi connectivity index (χ4v) is 3.40. The first-order valence-electron chi connectivity index (χ1n) is 9.47. The lowest BCUT2D eigenvalue weighted by Crippen LogP contribution is -2.09. The van der Waals surface area contributed by atoms with Crippen molar-refractivity contribution < 1.29 is 14.6 Å². The van der Waals surface area contributed by atoms with E-state index < -0.39 is 0 Å². The van der Waals surface area contributed by atoms with Crippen molar-refractivity contribution in [1.82, 2.24) is 19.5 Å². The number of halogens is 2. The van der Waals surface area contributed by atoms with Crippen molar-refractivity contribution in [3.8, 4) is 11.5 Å². The fourth-order valence-electron chi connectivity index (χ4n) is 3.01. The first-order chi connectivity index (χ1) is 15.1. The largest absolute Gasteiger partial charge is 0.454 e. The molecular formula is C21H19Cl2N5O3. The Morgan fingerprint density at radius 2 is 1.97 bits per heavy atom. The third kappa shape index (κ3) is 5.23. The Bertz CT molecular complexity index is 1180. The van der Waals surface area contributed by atoms with Crippen LogP contribution in [0.3, 0.4) is 0 Å². The Morgan fingerprint density at radius 1 is 1.06 bits per heavy atom. The summed E-state index contributed by atoms with van der Waals surface area (Å²) in [6.07, 6.45) is 6.52. The molecule has 0 radical (unpaired) electrons. The SMILES string of the molecule is OCCOCCn1ccc2ncnc(Nc3ccc(Oc4cncc(Cl)c4)c(Cl)c3)c21. The molecule has 2 N–H and O–H groups in total. The van der Waals surface area contributed by atoms with Crippen molar-refractivity contribution in [3.63, 3.8) is 0 Å². The monoisotopic (exact) mass is 459 g/mol. The van der Waals surface area contributed by atoms with Crippen molar-refractivity contribution in [2.75, 3.05) is 25.1 Å². The maximum atomic E-state index is 8.85. The molecule has 10 heteroatoms. The number of nitrogens with one attached hydrogen (secondary N) is 1. The van der Waals surface area contributed by atoms with Crippen molar-refractivity contribution in [1.29, 1.82) is 0 Å². The van der Waals surface area contributed by atoms with E-state index in [1.807, 2.05) is 22.9 Å². The van der Waals surface area contributed by atoms with E-state index in [2.05, 4.69) is 20.3 Å². The van der Waals surface area contributed by atoms with E-state index in [1.54, 1.807) is 24.4 Å². The number of hydrogen-bond acceptors (Lipinski definition) is 7. The molecule has 3 aromatic heterocycles. The highest BCUT2D eigenvalue weighted by atomic mass is 35.5. The number of ether oxygens (including phenoxy) is 2. The zero-order valence-corrected chi connectivity index (χ0v) is 17.8. The van der Waals surface area contributed by atoms with Gasteiger partial charge in [0.05, 0.1) is 41.6 Å². The highest BCUT2D eigenvalue weighted by Crippen LogP contribution is 2.33. The Balaban J connectivity index is 1.53. The van der Waals surface area contributed by atoms with Crippen LogP contribution in [0.15, 0.2) is 55.2 Å². The molecule has 0 atom stereocenters. The third-order valence-corrected chi connectivity index (χ3v) is 4.87. The van der Waals surface area contributed by atoms with Crippen LogP contribution in [0.4, 0.5) is 11.5 Å². The molecule has 31 heavy (non-hydrogen) atoms. The zero-order valence-electron chi connectivity index (χ0n) is 16.3. The van der Waals surface area contributed by atoms with Gasteiger partial charge in [0.25, 0.3) is 0 Å². The van der Waals surface area contributed by atoms with Crippen LogP contribution in [0, 0.1) is 0 Å². The smallest absolute Gasteiger partial charge is 0.158 e. The summed E-state index contributed by atoms with van der Waals surface area (Å²) in [5, 5.41) is 13.0. The highest BCUT2D eigenvalue weighted by molar-refractivity contribution is 6.32. The maximum absolute atomic E-state index is 8.85. The Hall–Kier alpha value is -2.91. The minimum atomic E-state index is -0.00334. The van der Waals surface area contributed by atoms with Crippen LogP contribution in [0.5, 0.6) is 11.5 Å². The number of hydrogen-bond donors (Lipinski definition) is 2. The summed E-state index contributed by atoms with van der Waals surface area (Å²) in [5.41, 5.74) is 2.39. The van der Waals surface area contributed by atoms with Gasteiger partial charge in [0.1, 0.15) is 23.3 Å². The molecule has 0 bridgehead atoms. The van der Waals surface area contributed by atoms with Gasteiger partial charge >= 0.3 is 0 Å². The highest BCUT2D eigenvalue weighted by Gasteiger charge is 2.11. The molecule has 0 saturated heterocycles. The average Bonchev–Trinajstić information content (AvgIpc) is 3.17. The molecule has 0 amide bonds. The molecule has 4 aromatic rings. The number of nitrogens with zero attached hydrogens (tertiary/aromatic N) is 4. The lowest BCUT2D eigenvalue weighted by molar-refractivity contribution is 0.0875. The van der Waals surface area contributed by atoms with Crippen molar-refractivity contribution in [2.45, 2.75) is 6.54 Å². The lowest BCUT2D eigenvalue weighted by atomic mass is 10.3. The van der Waals surface area contributed by atoms with E-state index in [0.29, 0.717) is 47.1 Å². The molecule has 0 aliphatic carbocycles. The van der Waals surface area contributed by atoms with Gasteiger partial charge in [0.2, 0.25) is 0 Å². The minimum Gasteiger partial charge on any atom is -0.454 e. The minimum absolute atomic E-state index is 0.00334. The second kappa shape index (κ2) is 9.93. The van der Waals surface area contributed by atoms with Gasteiger partial charge in [-0.25, -0.2) is 9.97 Å².